The van der Waals surface area contributed by atoms with Crippen LogP contribution in [0.3, 0.4) is 0 Å². The molecule has 0 unspecified atom stereocenters. The van der Waals surface area contributed by atoms with Crippen LogP contribution in [-0.4, -0.2) is 33.6 Å². The first-order valence-electron chi connectivity index (χ1n) is 5.69. The van der Waals surface area contributed by atoms with Crippen LogP contribution in [0.25, 0.3) is 0 Å². The second kappa shape index (κ2) is 4.48. The van der Waals surface area contributed by atoms with E-state index in [9.17, 15) is 23.1 Å². The number of hydrogen-bond donors (Lipinski definition) is 2. The van der Waals surface area contributed by atoms with E-state index in [2.05, 4.69) is 5.10 Å². The molecule has 0 saturated heterocycles. The van der Waals surface area contributed by atoms with Crippen molar-refractivity contribution >= 4 is 17.3 Å². The molecule has 0 spiro atoms. The zero-order valence-corrected chi connectivity index (χ0v) is 10.5. The van der Waals surface area contributed by atoms with Gasteiger partial charge in [0.05, 0.1) is 5.56 Å². The molecular formula is C12H12F3N3O2. The summed E-state index contributed by atoms with van der Waals surface area (Å²) in [6.45, 7) is 1.30. The van der Waals surface area contributed by atoms with Gasteiger partial charge in [-0.2, -0.15) is 23.3 Å². The first-order valence-corrected chi connectivity index (χ1v) is 5.69. The number of rotatable bonds is 1. The van der Waals surface area contributed by atoms with Crippen molar-refractivity contribution in [2.45, 2.75) is 25.2 Å². The van der Waals surface area contributed by atoms with E-state index in [1.54, 1.807) is 6.07 Å². The number of carbonyl (C=O) groups excluding carboxylic acids is 1. The quantitative estimate of drug-likeness (QED) is 0.772. The second-order valence-electron chi connectivity index (χ2n) is 4.53. The highest BCUT2D eigenvalue weighted by Crippen LogP contribution is 2.41. The van der Waals surface area contributed by atoms with E-state index in [0.717, 1.165) is 0 Å². The number of aliphatic hydroxyl groups is 1. The van der Waals surface area contributed by atoms with Gasteiger partial charge in [0.15, 0.2) is 0 Å². The summed E-state index contributed by atoms with van der Waals surface area (Å²) in [5.41, 5.74) is 2.10. The van der Waals surface area contributed by atoms with Crippen LogP contribution in [0.15, 0.2) is 29.4 Å². The molecule has 0 aromatic heterocycles. The van der Waals surface area contributed by atoms with Crippen LogP contribution in [0.1, 0.15) is 23.7 Å². The maximum atomic E-state index is 13.0. The molecule has 1 aromatic carbocycles. The lowest BCUT2D eigenvalue weighted by atomic mass is 10.1. The standard InChI is InChI=1S/C12H12F3N3O2/c1-7-6-11(20,12(13,14)15)18(17-7)10(19)8-4-2-3-5-9(8)16/h2-5,20H,6,16H2,1H3/t11-/m1/s1. The van der Waals surface area contributed by atoms with Gasteiger partial charge in [0.25, 0.3) is 11.6 Å². The van der Waals surface area contributed by atoms with E-state index >= 15 is 0 Å². The first kappa shape index (κ1) is 14.3. The van der Waals surface area contributed by atoms with Gasteiger partial charge < -0.3 is 10.8 Å². The minimum Gasteiger partial charge on any atom is -0.398 e. The number of benzene rings is 1. The molecule has 0 fully saturated rings. The molecule has 1 aliphatic heterocycles. The van der Waals surface area contributed by atoms with Crippen LogP contribution in [0, 0.1) is 0 Å². The summed E-state index contributed by atoms with van der Waals surface area (Å²) in [4.78, 5) is 12.2. The smallest absolute Gasteiger partial charge is 0.398 e. The summed E-state index contributed by atoms with van der Waals surface area (Å²) in [5.74, 6) is -1.10. The summed E-state index contributed by atoms with van der Waals surface area (Å²) in [6.07, 6.45) is -5.80. The molecule has 3 N–H and O–H groups in total. The lowest BCUT2D eigenvalue weighted by molar-refractivity contribution is -0.297. The number of amides is 1. The maximum absolute atomic E-state index is 13.0. The highest BCUT2D eigenvalue weighted by atomic mass is 19.4. The number of hydrogen-bond acceptors (Lipinski definition) is 4. The van der Waals surface area contributed by atoms with Gasteiger partial charge in [-0.05, 0) is 19.1 Å². The number of hydrazone groups is 1. The van der Waals surface area contributed by atoms with Gasteiger partial charge in [-0.15, -0.1) is 0 Å². The second-order valence-corrected chi connectivity index (χ2v) is 4.53. The van der Waals surface area contributed by atoms with Crippen molar-refractivity contribution in [3.8, 4) is 0 Å². The molecule has 5 nitrogen and oxygen atoms in total. The Morgan fingerprint density at radius 1 is 1.45 bits per heavy atom. The highest BCUT2D eigenvalue weighted by molar-refractivity contribution is 6.01. The first-order chi connectivity index (χ1) is 9.17. The zero-order chi connectivity index (χ0) is 15.1. The molecule has 20 heavy (non-hydrogen) atoms. The molecule has 0 bridgehead atoms. The van der Waals surface area contributed by atoms with Crippen LogP contribution in [0.2, 0.25) is 0 Å². The molecule has 1 atom stereocenters. The van der Waals surface area contributed by atoms with Crippen molar-refractivity contribution in [3.05, 3.63) is 29.8 Å². The Kier molecular flexibility index (Phi) is 3.21. The van der Waals surface area contributed by atoms with Gasteiger partial charge in [0.2, 0.25) is 0 Å². The SMILES string of the molecule is CC1=NN(C(=O)c2ccccc2N)[C@](O)(C(F)(F)F)C1. The number of nitrogen functional groups attached to an aromatic ring is 1. The monoisotopic (exact) mass is 287 g/mol. The van der Waals surface area contributed by atoms with E-state index < -0.39 is 24.2 Å². The van der Waals surface area contributed by atoms with Crippen LogP contribution in [0.5, 0.6) is 0 Å². The van der Waals surface area contributed by atoms with Gasteiger partial charge in [-0.1, -0.05) is 12.1 Å². The molecule has 8 heteroatoms. The van der Waals surface area contributed by atoms with Gasteiger partial charge in [-0.25, -0.2) is 0 Å². The van der Waals surface area contributed by atoms with Gasteiger partial charge in [-0.3, -0.25) is 4.79 Å². The number of nitrogens with zero attached hydrogens (tertiary/aromatic N) is 2. The van der Waals surface area contributed by atoms with Crippen molar-refractivity contribution in [3.63, 3.8) is 0 Å². The zero-order valence-electron chi connectivity index (χ0n) is 10.5. The Bertz CT molecular complexity index is 586. The maximum Gasteiger partial charge on any atom is 0.438 e. The third-order valence-corrected chi connectivity index (χ3v) is 2.96. The van der Waals surface area contributed by atoms with Crippen LogP contribution < -0.4 is 5.73 Å². The predicted octanol–water partition coefficient (Wildman–Crippen LogP) is 1.74. The number of nitrogens with two attached hydrogens (primary N) is 1. The molecule has 1 aliphatic rings. The number of halogens is 3. The Balaban J connectivity index is 2.45. The molecular weight excluding hydrogens is 275 g/mol. The topological polar surface area (TPSA) is 78.9 Å². The van der Waals surface area contributed by atoms with E-state index in [-0.39, 0.29) is 22.0 Å². The minimum atomic E-state index is -5.02. The van der Waals surface area contributed by atoms with Crippen LogP contribution in [0.4, 0.5) is 18.9 Å². The van der Waals surface area contributed by atoms with E-state index in [0.29, 0.717) is 0 Å². The van der Waals surface area contributed by atoms with Gasteiger partial charge in [0.1, 0.15) is 0 Å². The summed E-state index contributed by atoms with van der Waals surface area (Å²) in [5, 5.41) is 13.4. The summed E-state index contributed by atoms with van der Waals surface area (Å²) < 4.78 is 39.0. The normalized spacial score (nSPS) is 22.9. The molecule has 0 radical (unpaired) electrons. The average molecular weight is 287 g/mol. The van der Waals surface area contributed by atoms with Crippen LogP contribution >= 0.6 is 0 Å². The molecule has 1 heterocycles. The highest BCUT2D eigenvalue weighted by Gasteiger charge is 2.62. The number of para-hydroxylation sites is 1. The molecule has 0 saturated carbocycles. The third kappa shape index (κ3) is 2.11. The molecule has 2 rings (SSSR count). The van der Waals surface area contributed by atoms with Crippen molar-refractivity contribution < 1.29 is 23.1 Å². The van der Waals surface area contributed by atoms with E-state index in [4.69, 9.17) is 5.73 Å². The van der Waals surface area contributed by atoms with Crippen molar-refractivity contribution in [1.82, 2.24) is 5.01 Å². The summed E-state index contributed by atoms with van der Waals surface area (Å²) in [6, 6.07) is 5.66. The fourth-order valence-corrected chi connectivity index (χ4v) is 1.96. The fourth-order valence-electron chi connectivity index (χ4n) is 1.96. The van der Waals surface area contributed by atoms with Gasteiger partial charge in [0, 0.05) is 17.8 Å². The Morgan fingerprint density at radius 2 is 2.05 bits per heavy atom. The lowest BCUT2D eigenvalue weighted by Gasteiger charge is -2.32. The molecule has 1 aromatic rings. The summed E-state index contributed by atoms with van der Waals surface area (Å²) >= 11 is 0. The number of carbonyl (C=O) groups is 1. The van der Waals surface area contributed by atoms with Crippen LogP contribution in [-0.2, 0) is 0 Å². The predicted molar refractivity (Wildman–Crippen MR) is 65.8 cm³/mol. The summed E-state index contributed by atoms with van der Waals surface area (Å²) in [7, 11) is 0. The largest absolute Gasteiger partial charge is 0.438 e. The van der Waals surface area contributed by atoms with Crippen molar-refractivity contribution in [2.24, 2.45) is 5.10 Å². The number of anilines is 1. The van der Waals surface area contributed by atoms with Crippen molar-refractivity contribution in [1.29, 1.82) is 0 Å². The minimum absolute atomic E-state index is 0.00711. The molecule has 108 valence electrons. The van der Waals surface area contributed by atoms with E-state index in [1.165, 1.54) is 25.1 Å². The van der Waals surface area contributed by atoms with Crippen molar-refractivity contribution in [2.75, 3.05) is 5.73 Å². The Hall–Kier alpha value is -2.09. The Labute approximate surface area is 112 Å². The fraction of sp³-hybridized carbons (Fsp3) is 0.333. The molecule has 0 aliphatic carbocycles. The average Bonchev–Trinajstić information content (AvgIpc) is 2.65. The third-order valence-electron chi connectivity index (χ3n) is 2.96. The Morgan fingerprint density at radius 3 is 2.60 bits per heavy atom. The molecule has 1 amide bonds. The lowest BCUT2D eigenvalue weighted by Crippen LogP contribution is -2.56. The van der Waals surface area contributed by atoms with E-state index in [1.807, 2.05) is 0 Å². The number of alkyl halides is 3. The van der Waals surface area contributed by atoms with Gasteiger partial charge >= 0.3 is 6.18 Å².